The molecule has 102 valence electrons. The third kappa shape index (κ3) is 3.47. The van der Waals surface area contributed by atoms with Crippen LogP contribution in [0.4, 0.5) is 0 Å². The van der Waals surface area contributed by atoms with Gasteiger partial charge in [0.25, 0.3) is 5.91 Å². The van der Waals surface area contributed by atoms with Crippen LogP contribution in [0.3, 0.4) is 0 Å². The van der Waals surface area contributed by atoms with Crippen LogP contribution >= 0.6 is 15.9 Å². The highest BCUT2D eigenvalue weighted by atomic mass is 79.9. The molecule has 0 aliphatic heterocycles. The minimum absolute atomic E-state index is 0.117. The molecule has 19 heavy (non-hydrogen) atoms. The van der Waals surface area contributed by atoms with E-state index in [4.69, 9.17) is 4.52 Å². The van der Waals surface area contributed by atoms with Crippen LogP contribution in [-0.4, -0.2) is 15.6 Å². The van der Waals surface area contributed by atoms with Crippen molar-refractivity contribution < 1.29 is 9.32 Å². The molecule has 0 aromatic carbocycles. The number of rotatable bonds is 5. The maximum atomic E-state index is 12.1. The molecule has 0 aliphatic carbocycles. The van der Waals surface area contributed by atoms with E-state index in [0.717, 1.165) is 23.1 Å². The molecule has 0 aliphatic rings. The number of nitrogens with zero attached hydrogens (tertiary/aromatic N) is 2. The number of amides is 1. The van der Waals surface area contributed by atoms with Crippen molar-refractivity contribution in [3.8, 4) is 0 Å². The standard InChI is InChI=1S/C13H16BrN3O2/c1-3-4-17-8-10(14)6-12(17)13(18)15-7-11-5-9(2)16-19-11/h5-6,8H,3-4,7H2,1-2H3,(H,15,18). The summed E-state index contributed by atoms with van der Waals surface area (Å²) in [7, 11) is 0. The predicted octanol–water partition coefficient (Wildman–Crippen LogP) is 2.89. The van der Waals surface area contributed by atoms with Gasteiger partial charge in [-0.1, -0.05) is 12.1 Å². The molecule has 0 fully saturated rings. The molecule has 0 atom stereocenters. The van der Waals surface area contributed by atoms with Crippen LogP contribution in [0.15, 0.2) is 27.3 Å². The highest BCUT2D eigenvalue weighted by molar-refractivity contribution is 9.10. The van der Waals surface area contributed by atoms with E-state index in [2.05, 4.69) is 33.3 Å². The Hall–Kier alpha value is -1.56. The number of hydrogen-bond donors (Lipinski definition) is 1. The van der Waals surface area contributed by atoms with E-state index in [-0.39, 0.29) is 5.91 Å². The van der Waals surface area contributed by atoms with E-state index in [1.165, 1.54) is 0 Å². The average Bonchev–Trinajstić information content (AvgIpc) is 2.93. The van der Waals surface area contributed by atoms with Crippen molar-refractivity contribution in [3.63, 3.8) is 0 Å². The van der Waals surface area contributed by atoms with Crippen molar-refractivity contribution in [1.82, 2.24) is 15.0 Å². The normalized spacial score (nSPS) is 10.7. The second-order valence-corrected chi connectivity index (χ2v) is 5.27. The van der Waals surface area contributed by atoms with Gasteiger partial charge in [0.05, 0.1) is 12.2 Å². The van der Waals surface area contributed by atoms with Crippen molar-refractivity contribution in [1.29, 1.82) is 0 Å². The fraction of sp³-hybridized carbons (Fsp3) is 0.385. The summed E-state index contributed by atoms with van der Waals surface area (Å²) in [4.78, 5) is 12.1. The molecule has 2 aromatic rings. The fourth-order valence-corrected chi connectivity index (χ4v) is 2.31. The number of carbonyl (C=O) groups is 1. The van der Waals surface area contributed by atoms with E-state index in [1.807, 2.05) is 23.8 Å². The molecule has 2 rings (SSSR count). The average molecular weight is 326 g/mol. The lowest BCUT2D eigenvalue weighted by atomic mass is 10.3. The molecule has 2 aromatic heterocycles. The van der Waals surface area contributed by atoms with E-state index in [9.17, 15) is 4.79 Å². The van der Waals surface area contributed by atoms with Gasteiger partial charge in [-0.25, -0.2) is 0 Å². The maximum Gasteiger partial charge on any atom is 0.268 e. The largest absolute Gasteiger partial charge is 0.359 e. The second kappa shape index (κ2) is 6.06. The van der Waals surface area contributed by atoms with Gasteiger partial charge in [-0.3, -0.25) is 4.79 Å². The highest BCUT2D eigenvalue weighted by Crippen LogP contribution is 2.15. The number of nitrogens with one attached hydrogen (secondary N) is 1. The zero-order chi connectivity index (χ0) is 13.8. The van der Waals surface area contributed by atoms with Crippen LogP contribution < -0.4 is 5.32 Å². The van der Waals surface area contributed by atoms with Gasteiger partial charge in [0, 0.05) is 23.3 Å². The second-order valence-electron chi connectivity index (χ2n) is 4.35. The van der Waals surface area contributed by atoms with Gasteiger partial charge in [-0.15, -0.1) is 0 Å². The molecule has 0 saturated carbocycles. The van der Waals surface area contributed by atoms with Crippen LogP contribution in [0, 0.1) is 6.92 Å². The highest BCUT2D eigenvalue weighted by Gasteiger charge is 2.13. The van der Waals surface area contributed by atoms with E-state index < -0.39 is 0 Å². The Bertz CT molecular complexity index is 574. The summed E-state index contributed by atoms with van der Waals surface area (Å²) >= 11 is 3.39. The van der Waals surface area contributed by atoms with Gasteiger partial charge in [0.1, 0.15) is 5.69 Å². The minimum Gasteiger partial charge on any atom is -0.359 e. The zero-order valence-corrected chi connectivity index (χ0v) is 12.5. The van der Waals surface area contributed by atoms with Crippen LogP contribution in [-0.2, 0) is 13.1 Å². The summed E-state index contributed by atoms with van der Waals surface area (Å²) < 4.78 is 7.89. The Balaban J connectivity index is 2.03. The lowest BCUT2D eigenvalue weighted by molar-refractivity contribution is 0.0937. The Morgan fingerprint density at radius 1 is 1.53 bits per heavy atom. The van der Waals surface area contributed by atoms with Crippen LogP contribution in [0.5, 0.6) is 0 Å². The van der Waals surface area contributed by atoms with Gasteiger partial charge in [0.2, 0.25) is 0 Å². The Labute approximate surface area is 120 Å². The molecule has 0 spiro atoms. The van der Waals surface area contributed by atoms with E-state index in [1.54, 1.807) is 6.07 Å². The number of hydrogen-bond acceptors (Lipinski definition) is 3. The molecule has 5 nitrogen and oxygen atoms in total. The quantitative estimate of drug-likeness (QED) is 0.919. The molecule has 0 radical (unpaired) electrons. The topological polar surface area (TPSA) is 60.1 Å². The molecule has 0 unspecified atom stereocenters. The summed E-state index contributed by atoms with van der Waals surface area (Å²) in [6.07, 6.45) is 2.89. The number of carbonyl (C=O) groups excluding carboxylic acids is 1. The van der Waals surface area contributed by atoms with Crippen LogP contribution in [0.1, 0.15) is 35.3 Å². The van der Waals surface area contributed by atoms with Crippen molar-refractivity contribution in [2.45, 2.75) is 33.4 Å². The van der Waals surface area contributed by atoms with Gasteiger partial charge < -0.3 is 14.4 Å². The van der Waals surface area contributed by atoms with Gasteiger partial charge in [-0.2, -0.15) is 0 Å². The molecule has 0 bridgehead atoms. The summed E-state index contributed by atoms with van der Waals surface area (Å²) in [6.45, 7) is 5.08. The first kappa shape index (κ1) is 13.9. The first-order valence-corrected chi connectivity index (χ1v) is 6.95. The predicted molar refractivity (Wildman–Crippen MR) is 74.8 cm³/mol. The van der Waals surface area contributed by atoms with Crippen LogP contribution in [0.25, 0.3) is 0 Å². The van der Waals surface area contributed by atoms with Crippen molar-refractivity contribution in [2.75, 3.05) is 0 Å². The SMILES string of the molecule is CCCn1cc(Br)cc1C(=O)NCc1cc(C)no1. The third-order valence-electron chi connectivity index (χ3n) is 2.66. The van der Waals surface area contributed by atoms with Gasteiger partial charge >= 0.3 is 0 Å². The Kier molecular flexibility index (Phi) is 4.42. The molecule has 2 heterocycles. The molecule has 1 N–H and O–H groups in total. The molecular weight excluding hydrogens is 310 g/mol. The first-order chi connectivity index (χ1) is 9.10. The fourth-order valence-electron chi connectivity index (χ4n) is 1.85. The monoisotopic (exact) mass is 325 g/mol. The summed E-state index contributed by atoms with van der Waals surface area (Å²) in [6, 6.07) is 3.62. The van der Waals surface area contributed by atoms with Gasteiger partial charge in [-0.05, 0) is 35.3 Å². The molecule has 0 saturated heterocycles. The van der Waals surface area contributed by atoms with E-state index >= 15 is 0 Å². The summed E-state index contributed by atoms with van der Waals surface area (Å²) in [5.74, 6) is 0.534. The molecule has 6 heteroatoms. The van der Waals surface area contributed by atoms with Crippen LogP contribution in [0.2, 0.25) is 0 Å². The van der Waals surface area contributed by atoms with Crippen molar-refractivity contribution in [2.24, 2.45) is 0 Å². The van der Waals surface area contributed by atoms with E-state index in [0.29, 0.717) is 18.0 Å². The summed E-state index contributed by atoms with van der Waals surface area (Å²) in [5.41, 5.74) is 1.45. The first-order valence-electron chi connectivity index (χ1n) is 6.16. The third-order valence-corrected chi connectivity index (χ3v) is 3.09. The molecular formula is C13H16BrN3O2. The lowest BCUT2D eigenvalue weighted by Gasteiger charge is -2.07. The lowest BCUT2D eigenvalue weighted by Crippen LogP contribution is -2.25. The van der Waals surface area contributed by atoms with Crippen molar-refractivity contribution in [3.05, 3.63) is 40.0 Å². The minimum atomic E-state index is -0.117. The zero-order valence-electron chi connectivity index (χ0n) is 10.9. The number of aromatic nitrogens is 2. The summed E-state index contributed by atoms with van der Waals surface area (Å²) in [5, 5.41) is 6.61. The molecule has 1 amide bonds. The Morgan fingerprint density at radius 2 is 2.32 bits per heavy atom. The number of halogens is 1. The Morgan fingerprint density at radius 3 is 2.95 bits per heavy atom. The maximum absolute atomic E-state index is 12.1. The smallest absolute Gasteiger partial charge is 0.268 e. The van der Waals surface area contributed by atoms with Crippen molar-refractivity contribution >= 4 is 21.8 Å². The van der Waals surface area contributed by atoms with Gasteiger partial charge in [0.15, 0.2) is 5.76 Å². The number of aryl methyl sites for hydroxylation is 2.